The van der Waals surface area contributed by atoms with Crippen molar-refractivity contribution in [1.29, 1.82) is 0 Å². The second-order valence-corrected chi connectivity index (χ2v) is 6.51. The van der Waals surface area contributed by atoms with Gasteiger partial charge in [0.15, 0.2) is 0 Å². The number of aliphatic carboxylic acids is 1. The van der Waals surface area contributed by atoms with Gasteiger partial charge in [0, 0.05) is 12.2 Å². The summed E-state index contributed by atoms with van der Waals surface area (Å²) in [5.41, 5.74) is 7.78. The van der Waals surface area contributed by atoms with E-state index >= 15 is 0 Å². The first-order valence-electron chi connectivity index (χ1n) is 6.86. The standard InChI is InChI=1S/C15H18N2O4S/c1-8-4-3-5-9(2)13(8)17-12(18)6-11(14(17)19)22-7-10(16)15(20)21/h3-5,10-11H,6-7,16H2,1-2H3,(H,20,21)/t10-,11+/m0/s1. The fraction of sp³-hybridized carbons (Fsp3) is 0.400. The van der Waals surface area contributed by atoms with E-state index < -0.39 is 17.3 Å². The van der Waals surface area contributed by atoms with Gasteiger partial charge in [0.1, 0.15) is 6.04 Å². The number of carboxylic acids is 1. The average molecular weight is 322 g/mol. The second kappa shape index (κ2) is 6.50. The molecule has 0 saturated carbocycles. The van der Waals surface area contributed by atoms with E-state index in [1.165, 1.54) is 4.90 Å². The first-order chi connectivity index (χ1) is 10.3. The maximum atomic E-state index is 12.5. The van der Waals surface area contributed by atoms with Crippen LogP contribution in [0.2, 0.25) is 0 Å². The van der Waals surface area contributed by atoms with Gasteiger partial charge in [-0.2, -0.15) is 0 Å². The molecule has 2 amide bonds. The molecule has 3 N–H and O–H groups in total. The van der Waals surface area contributed by atoms with Crippen LogP contribution in [0.5, 0.6) is 0 Å². The Kier molecular flexibility index (Phi) is 4.87. The molecule has 1 aliphatic heterocycles. The minimum atomic E-state index is -1.11. The Balaban J connectivity index is 2.17. The van der Waals surface area contributed by atoms with E-state index in [1.54, 1.807) is 0 Å². The molecule has 2 atom stereocenters. The van der Waals surface area contributed by atoms with Crippen molar-refractivity contribution in [2.75, 3.05) is 10.7 Å². The number of thioether (sulfide) groups is 1. The van der Waals surface area contributed by atoms with Crippen LogP contribution < -0.4 is 10.6 Å². The van der Waals surface area contributed by atoms with Crippen LogP contribution in [0, 0.1) is 13.8 Å². The van der Waals surface area contributed by atoms with Crippen LogP contribution in [0.1, 0.15) is 17.5 Å². The molecule has 7 heteroatoms. The maximum absolute atomic E-state index is 12.5. The van der Waals surface area contributed by atoms with Gasteiger partial charge in [0.2, 0.25) is 11.8 Å². The molecule has 0 aromatic heterocycles. The van der Waals surface area contributed by atoms with Gasteiger partial charge < -0.3 is 10.8 Å². The van der Waals surface area contributed by atoms with Crippen molar-refractivity contribution in [3.05, 3.63) is 29.3 Å². The smallest absolute Gasteiger partial charge is 0.321 e. The molecule has 0 aliphatic carbocycles. The third-order valence-corrected chi connectivity index (χ3v) is 4.88. The largest absolute Gasteiger partial charge is 0.480 e. The topological polar surface area (TPSA) is 101 Å². The molecule has 1 heterocycles. The lowest BCUT2D eigenvalue weighted by molar-refractivity contribution is -0.138. The number of carboxylic acid groups (broad SMARTS) is 1. The van der Waals surface area contributed by atoms with Crippen LogP contribution in [0.25, 0.3) is 0 Å². The van der Waals surface area contributed by atoms with Gasteiger partial charge in [-0.25, -0.2) is 4.90 Å². The summed E-state index contributed by atoms with van der Waals surface area (Å²) in [4.78, 5) is 36.7. The van der Waals surface area contributed by atoms with E-state index in [-0.39, 0.29) is 24.0 Å². The fourth-order valence-electron chi connectivity index (χ4n) is 2.42. The second-order valence-electron chi connectivity index (χ2n) is 5.28. The number of amides is 2. The first kappa shape index (κ1) is 16.5. The normalized spacial score (nSPS) is 19.6. The van der Waals surface area contributed by atoms with Crippen molar-refractivity contribution in [3.8, 4) is 0 Å². The lowest BCUT2D eigenvalue weighted by Crippen LogP contribution is -2.35. The number of hydrogen-bond donors (Lipinski definition) is 2. The number of aryl methyl sites for hydroxylation is 2. The van der Waals surface area contributed by atoms with Crippen molar-refractivity contribution < 1.29 is 19.5 Å². The number of anilines is 1. The lowest BCUT2D eigenvalue weighted by Gasteiger charge is -2.20. The minimum Gasteiger partial charge on any atom is -0.480 e. The molecule has 1 fully saturated rings. The van der Waals surface area contributed by atoms with Crippen molar-refractivity contribution in [2.24, 2.45) is 5.73 Å². The van der Waals surface area contributed by atoms with E-state index in [9.17, 15) is 14.4 Å². The van der Waals surface area contributed by atoms with Gasteiger partial charge in [0.25, 0.3) is 0 Å². The monoisotopic (exact) mass is 322 g/mol. The third-order valence-electron chi connectivity index (χ3n) is 3.56. The van der Waals surface area contributed by atoms with Crippen LogP contribution in [0.15, 0.2) is 18.2 Å². The van der Waals surface area contributed by atoms with Crippen LogP contribution >= 0.6 is 11.8 Å². The summed E-state index contributed by atoms with van der Waals surface area (Å²) < 4.78 is 0. The molecule has 0 bridgehead atoms. The molecule has 2 rings (SSSR count). The van der Waals surface area contributed by atoms with E-state index in [4.69, 9.17) is 10.8 Å². The van der Waals surface area contributed by atoms with E-state index in [0.717, 1.165) is 22.9 Å². The number of benzene rings is 1. The number of para-hydroxylation sites is 1. The van der Waals surface area contributed by atoms with Gasteiger partial charge in [-0.3, -0.25) is 14.4 Å². The Hall–Kier alpha value is -1.86. The summed E-state index contributed by atoms with van der Waals surface area (Å²) in [5.74, 6) is -1.58. The third kappa shape index (κ3) is 3.15. The lowest BCUT2D eigenvalue weighted by atomic mass is 10.1. The molecule has 0 unspecified atom stereocenters. The summed E-state index contributed by atoms with van der Waals surface area (Å²) in [6.07, 6.45) is 0.0730. The number of carbonyl (C=O) groups excluding carboxylic acids is 2. The molecule has 1 saturated heterocycles. The highest BCUT2D eigenvalue weighted by molar-refractivity contribution is 8.00. The van der Waals surface area contributed by atoms with Crippen molar-refractivity contribution >= 4 is 35.2 Å². The molecule has 22 heavy (non-hydrogen) atoms. The Bertz CT molecular complexity index is 612. The number of nitrogens with zero attached hydrogens (tertiary/aromatic N) is 1. The van der Waals surface area contributed by atoms with Crippen LogP contribution in [0.4, 0.5) is 5.69 Å². The summed E-state index contributed by atoms with van der Waals surface area (Å²) in [6.45, 7) is 3.70. The fourth-order valence-corrected chi connectivity index (χ4v) is 3.51. The summed E-state index contributed by atoms with van der Waals surface area (Å²) in [7, 11) is 0. The Morgan fingerprint density at radius 1 is 1.41 bits per heavy atom. The average Bonchev–Trinajstić information content (AvgIpc) is 2.72. The van der Waals surface area contributed by atoms with Crippen LogP contribution in [-0.4, -0.2) is 39.9 Å². The van der Waals surface area contributed by atoms with Gasteiger partial charge in [-0.05, 0) is 25.0 Å². The number of rotatable bonds is 5. The van der Waals surface area contributed by atoms with Gasteiger partial charge in [0.05, 0.1) is 10.9 Å². The molecule has 1 aromatic rings. The molecule has 118 valence electrons. The van der Waals surface area contributed by atoms with E-state index in [2.05, 4.69) is 0 Å². The van der Waals surface area contributed by atoms with Gasteiger partial charge >= 0.3 is 5.97 Å². The predicted molar refractivity (Wildman–Crippen MR) is 84.9 cm³/mol. The van der Waals surface area contributed by atoms with Gasteiger partial charge in [-0.15, -0.1) is 11.8 Å². The van der Waals surface area contributed by atoms with E-state index in [0.29, 0.717) is 5.69 Å². The number of imide groups is 1. The highest BCUT2D eigenvalue weighted by atomic mass is 32.2. The molecular weight excluding hydrogens is 304 g/mol. The highest BCUT2D eigenvalue weighted by Gasteiger charge is 2.41. The van der Waals surface area contributed by atoms with Gasteiger partial charge in [-0.1, -0.05) is 18.2 Å². The van der Waals surface area contributed by atoms with Crippen LogP contribution in [0.3, 0.4) is 0 Å². The Morgan fingerprint density at radius 2 is 2.00 bits per heavy atom. The van der Waals surface area contributed by atoms with E-state index in [1.807, 2.05) is 32.0 Å². The molecule has 0 spiro atoms. The van der Waals surface area contributed by atoms with Crippen molar-refractivity contribution in [2.45, 2.75) is 31.6 Å². The zero-order valence-corrected chi connectivity index (χ0v) is 13.2. The molecule has 1 aliphatic rings. The predicted octanol–water partition coefficient (Wildman–Crippen LogP) is 1.08. The zero-order valence-electron chi connectivity index (χ0n) is 12.4. The number of nitrogens with two attached hydrogens (primary N) is 1. The zero-order chi connectivity index (χ0) is 16.4. The summed E-state index contributed by atoms with van der Waals surface area (Å²) in [5, 5.41) is 8.20. The minimum absolute atomic E-state index is 0.0730. The quantitative estimate of drug-likeness (QED) is 0.787. The van der Waals surface area contributed by atoms with Crippen molar-refractivity contribution in [1.82, 2.24) is 0 Å². The highest BCUT2D eigenvalue weighted by Crippen LogP contribution is 2.33. The molecule has 6 nitrogen and oxygen atoms in total. The molecule has 0 radical (unpaired) electrons. The number of hydrogen-bond acceptors (Lipinski definition) is 5. The molecular formula is C15H18N2O4S. The summed E-state index contributed by atoms with van der Waals surface area (Å²) in [6, 6.07) is 4.53. The van der Waals surface area contributed by atoms with Crippen LogP contribution in [-0.2, 0) is 14.4 Å². The first-order valence-corrected chi connectivity index (χ1v) is 7.90. The maximum Gasteiger partial charge on any atom is 0.321 e. The Labute approximate surface area is 132 Å². The summed E-state index contributed by atoms with van der Waals surface area (Å²) >= 11 is 1.12. The number of carbonyl (C=O) groups is 3. The Morgan fingerprint density at radius 3 is 2.55 bits per heavy atom. The molecule has 1 aromatic carbocycles. The SMILES string of the molecule is Cc1cccc(C)c1N1C(=O)C[C@@H](SC[C@H](N)C(=O)O)C1=O. The van der Waals surface area contributed by atoms with Crippen molar-refractivity contribution in [3.63, 3.8) is 0 Å².